The van der Waals surface area contributed by atoms with Crippen LogP contribution >= 0.6 is 23.2 Å². The molecule has 0 saturated carbocycles. The molecule has 12 heteroatoms. The van der Waals surface area contributed by atoms with Crippen LogP contribution in [0.3, 0.4) is 0 Å². The number of nitrogens with one attached hydrogen (secondary N) is 2. The summed E-state index contributed by atoms with van der Waals surface area (Å²) in [7, 11) is 0. The molecule has 3 heterocycles. The summed E-state index contributed by atoms with van der Waals surface area (Å²) < 4.78 is 37.9. The van der Waals surface area contributed by atoms with Crippen LogP contribution in [0.1, 0.15) is 28.9 Å². The predicted octanol–water partition coefficient (Wildman–Crippen LogP) is 3.64. The Labute approximate surface area is 174 Å². The average Bonchev–Trinajstić information content (AvgIpc) is 3.20. The van der Waals surface area contributed by atoms with Crippen LogP contribution in [0.15, 0.2) is 18.5 Å². The van der Waals surface area contributed by atoms with Crippen LogP contribution < -0.4 is 15.5 Å². The SMILES string of the molecule is O=C(NCCNc1ncc(C(F)(F)F)cc1Cl)c1nc(N2CCCC2)ncc1Cl. The summed E-state index contributed by atoms with van der Waals surface area (Å²) in [6.07, 6.45) is -0.359. The Hall–Kier alpha value is -2.33. The third-order valence-corrected chi connectivity index (χ3v) is 4.77. The van der Waals surface area contributed by atoms with Crippen LogP contribution in [-0.4, -0.2) is 47.0 Å². The number of amides is 1. The number of hydrogen-bond donors (Lipinski definition) is 2. The van der Waals surface area contributed by atoms with E-state index in [-0.39, 0.29) is 34.6 Å². The van der Waals surface area contributed by atoms with E-state index in [4.69, 9.17) is 23.2 Å². The number of aromatic nitrogens is 3. The molecule has 3 rings (SSSR count). The smallest absolute Gasteiger partial charge is 0.367 e. The molecule has 29 heavy (non-hydrogen) atoms. The van der Waals surface area contributed by atoms with Crippen molar-refractivity contribution in [2.45, 2.75) is 19.0 Å². The topological polar surface area (TPSA) is 83.0 Å². The van der Waals surface area contributed by atoms with Crippen LogP contribution in [0.2, 0.25) is 10.0 Å². The van der Waals surface area contributed by atoms with Crippen LogP contribution in [0.4, 0.5) is 24.9 Å². The highest BCUT2D eigenvalue weighted by atomic mass is 35.5. The summed E-state index contributed by atoms with van der Waals surface area (Å²) in [6.45, 7) is 1.99. The first-order chi connectivity index (χ1) is 13.8. The fraction of sp³-hybridized carbons (Fsp3) is 0.412. The second-order valence-corrected chi connectivity index (χ2v) is 7.11. The van der Waals surface area contributed by atoms with E-state index in [1.807, 2.05) is 4.90 Å². The standard InChI is InChI=1S/C17H17Cl2F3N6O/c18-11-7-10(17(20,21)22)8-25-14(11)23-3-4-24-15(29)13-12(19)9-26-16(27-13)28-5-1-2-6-28/h7-9H,1-6H2,(H,23,25)(H,24,29). The van der Waals surface area contributed by atoms with Crippen molar-refractivity contribution < 1.29 is 18.0 Å². The molecule has 2 aromatic heterocycles. The molecule has 1 aliphatic rings. The third kappa shape index (κ3) is 5.39. The largest absolute Gasteiger partial charge is 0.417 e. The van der Waals surface area contributed by atoms with E-state index in [0.717, 1.165) is 32.0 Å². The van der Waals surface area contributed by atoms with Crippen molar-refractivity contribution in [3.63, 3.8) is 0 Å². The van der Waals surface area contributed by atoms with Crippen molar-refractivity contribution in [1.29, 1.82) is 0 Å². The van der Waals surface area contributed by atoms with Gasteiger partial charge in [0.1, 0.15) is 5.82 Å². The van der Waals surface area contributed by atoms with Crippen molar-refractivity contribution in [3.8, 4) is 0 Å². The molecule has 0 aromatic carbocycles. The Kier molecular flexibility index (Phi) is 6.63. The molecule has 2 aromatic rings. The highest BCUT2D eigenvalue weighted by Crippen LogP contribution is 2.32. The summed E-state index contributed by atoms with van der Waals surface area (Å²) in [5.41, 5.74) is -0.872. The Morgan fingerprint density at radius 2 is 1.83 bits per heavy atom. The van der Waals surface area contributed by atoms with Crippen molar-refractivity contribution in [1.82, 2.24) is 20.3 Å². The first-order valence-corrected chi connectivity index (χ1v) is 9.53. The van der Waals surface area contributed by atoms with Crippen LogP contribution in [0.5, 0.6) is 0 Å². The number of halogens is 5. The molecule has 2 N–H and O–H groups in total. The lowest BCUT2D eigenvalue weighted by atomic mass is 10.3. The summed E-state index contributed by atoms with van der Waals surface area (Å²) in [4.78, 5) is 26.4. The quantitative estimate of drug-likeness (QED) is 0.656. The fourth-order valence-corrected chi connectivity index (χ4v) is 3.16. The lowest BCUT2D eigenvalue weighted by Gasteiger charge is -2.16. The first-order valence-electron chi connectivity index (χ1n) is 8.78. The van der Waals surface area contributed by atoms with Gasteiger partial charge in [0, 0.05) is 32.4 Å². The molecule has 0 aliphatic carbocycles. The zero-order chi connectivity index (χ0) is 21.0. The number of carbonyl (C=O) groups is 1. The van der Waals surface area contributed by atoms with E-state index in [9.17, 15) is 18.0 Å². The van der Waals surface area contributed by atoms with Crippen molar-refractivity contribution >= 4 is 40.9 Å². The molecular formula is C17H17Cl2F3N6O. The van der Waals surface area contributed by atoms with E-state index in [2.05, 4.69) is 25.6 Å². The van der Waals surface area contributed by atoms with E-state index in [1.165, 1.54) is 6.20 Å². The second kappa shape index (κ2) is 9.00. The van der Waals surface area contributed by atoms with Crippen LogP contribution in [0.25, 0.3) is 0 Å². The molecule has 7 nitrogen and oxygen atoms in total. The van der Waals surface area contributed by atoms with Gasteiger partial charge < -0.3 is 15.5 Å². The molecule has 0 radical (unpaired) electrons. The number of anilines is 2. The van der Waals surface area contributed by atoms with Gasteiger partial charge in [-0.15, -0.1) is 0 Å². The molecule has 1 saturated heterocycles. The van der Waals surface area contributed by atoms with Gasteiger partial charge in [-0.05, 0) is 18.9 Å². The Bertz CT molecular complexity index is 890. The van der Waals surface area contributed by atoms with Gasteiger partial charge in [-0.25, -0.2) is 15.0 Å². The molecule has 0 atom stereocenters. The number of alkyl halides is 3. The van der Waals surface area contributed by atoms with Gasteiger partial charge in [0.05, 0.1) is 21.8 Å². The molecule has 1 fully saturated rings. The average molecular weight is 449 g/mol. The monoisotopic (exact) mass is 448 g/mol. The van der Waals surface area contributed by atoms with Gasteiger partial charge in [0.15, 0.2) is 5.69 Å². The first kappa shape index (κ1) is 21.4. The molecule has 0 spiro atoms. The van der Waals surface area contributed by atoms with Crippen molar-refractivity contribution in [3.05, 3.63) is 39.8 Å². The fourth-order valence-electron chi connectivity index (χ4n) is 2.75. The normalized spacial score (nSPS) is 14.2. The number of hydrogen-bond acceptors (Lipinski definition) is 6. The number of carbonyl (C=O) groups excluding carboxylic acids is 1. The molecular weight excluding hydrogens is 432 g/mol. The second-order valence-electron chi connectivity index (χ2n) is 6.30. The van der Waals surface area contributed by atoms with Gasteiger partial charge >= 0.3 is 6.18 Å². The molecule has 156 valence electrons. The highest BCUT2D eigenvalue weighted by molar-refractivity contribution is 6.33. The Morgan fingerprint density at radius 1 is 1.10 bits per heavy atom. The molecule has 1 amide bonds. The van der Waals surface area contributed by atoms with Gasteiger partial charge in [-0.2, -0.15) is 13.2 Å². The van der Waals surface area contributed by atoms with Crippen molar-refractivity contribution in [2.24, 2.45) is 0 Å². The number of nitrogens with zero attached hydrogens (tertiary/aromatic N) is 4. The maximum atomic E-state index is 12.6. The summed E-state index contributed by atoms with van der Waals surface area (Å²) in [6, 6.07) is 0.788. The van der Waals surface area contributed by atoms with Gasteiger partial charge in [0.2, 0.25) is 5.95 Å². The van der Waals surface area contributed by atoms with Crippen molar-refractivity contribution in [2.75, 3.05) is 36.4 Å². The van der Waals surface area contributed by atoms with Gasteiger partial charge in [-0.3, -0.25) is 4.79 Å². The number of rotatable bonds is 6. The zero-order valence-corrected chi connectivity index (χ0v) is 16.6. The third-order valence-electron chi connectivity index (χ3n) is 4.21. The van der Waals surface area contributed by atoms with E-state index in [0.29, 0.717) is 12.1 Å². The summed E-state index contributed by atoms with van der Waals surface area (Å²) >= 11 is 11.9. The minimum Gasteiger partial charge on any atom is -0.367 e. The minimum absolute atomic E-state index is 0.0641. The predicted molar refractivity (Wildman–Crippen MR) is 104 cm³/mol. The molecule has 0 bridgehead atoms. The summed E-state index contributed by atoms with van der Waals surface area (Å²) in [5.74, 6) is 0.0623. The lowest BCUT2D eigenvalue weighted by Crippen LogP contribution is -2.30. The maximum Gasteiger partial charge on any atom is 0.417 e. The Morgan fingerprint density at radius 3 is 2.48 bits per heavy atom. The Balaban J connectivity index is 1.54. The van der Waals surface area contributed by atoms with Crippen LogP contribution in [0, 0.1) is 0 Å². The maximum absolute atomic E-state index is 12.6. The van der Waals surface area contributed by atoms with E-state index < -0.39 is 17.6 Å². The molecule has 0 unspecified atom stereocenters. The highest BCUT2D eigenvalue weighted by Gasteiger charge is 2.31. The lowest BCUT2D eigenvalue weighted by molar-refractivity contribution is -0.137. The van der Waals surface area contributed by atoms with E-state index in [1.54, 1.807) is 0 Å². The summed E-state index contributed by atoms with van der Waals surface area (Å²) in [5, 5.41) is 5.37. The number of pyridine rings is 1. The minimum atomic E-state index is -4.52. The molecule has 1 aliphatic heterocycles. The van der Waals surface area contributed by atoms with Gasteiger partial charge in [-0.1, -0.05) is 23.2 Å². The van der Waals surface area contributed by atoms with E-state index >= 15 is 0 Å². The van der Waals surface area contributed by atoms with Gasteiger partial charge in [0.25, 0.3) is 5.91 Å². The van der Waals surface area contributed by atoms with Crippen LogP contribution in [-0.2, 0) is 6.18 Å². The zero-order valence-electron chi connectivity index (χ0n) is 15.1.